The highest BCUT2D eigenvalue weighted by Crippen LogP contribution is 2.29. The molecule has 2 heterocycles. The van der Waals surface area contributed by atoms with Crippen molar-refractivity contribution in [2.24, 2.45) is 0 Å². The van der Waals surface area contributed by atoms with Crippen molar-refractivity contribution in [3.05, 3.63) is 102 Å². The van der Waals surface area contributed by atoms with Gasteiger partial charge in [-0.05, 0) is 35.9 Å². The summed E-state index contributed by atoms with van der Waals surface area (Å²) in [6.07, 6.45) is 1.82. The predicted molar refractivity (Wildman–Crippen MR) is 153 cm³/mol. The molecule has 1 fully saturated rings. The standard InChI is InChI=1S/C30H30FN5O2S/c1-3-15-36-28(22-10-8-11-24(20-22)38-2)32-33-30(36)39-21-23-9-4-5-12-25(23)29(37)35-18-16-34(17-19-35)27-14-7-6-13-26(27)31/h3-14,20H,1,15-19,21H2,2H3. The molecule has 0 unspecified atom stereocenters. The number of benzene rings is 3. The Bertz CT molecular complexity index is 1470. The molecular formula is C30H30FN5O2S. The topological polar surface area (TPSA) is 63.5 Å². The molecule has 0 saturated carbocycles. The van der Waals surface area contributed by atoms with E-state index in [2.05, 4.69) is 16.8 Å². The van der Waals surface area contributed by atoms with Crippen LogP contribution in [0, 0.1) is 5.82 Å². The number of rotatable bonds is 9. The second-order valence-corrected chi connectivity index (χ2v) is 10.1. The van der Waals surface area contributed by atoms with E-state index in [-0.39, 0.29) is 11.7 Å². The molecule has 1 aliphatic heterocycles. The normalized spacial score (nSPS) is 13.4. The Balaban J connectivity index is 1.29. The summed E-state index contributed by atoms with van der Waals surface area (Å²) in [6, 6.07) is 22.2. The number of anilines is 1. The molecule has 5 rings (SSSR count). The van der Waals surface area contributed by atoms with Gasteiger partial charge in [-0.3, -0.25) is 9.36 Å². The lowest BCUT2D eigenvalue weighted by molar-refractivity contribution is 0.0746. The Labute approximate surface area is 231 Å². The molecule has 0 spiro atoms. The van der Waals surface area contributed by atoms with E-state index in [0.717, 1.165) is 27.9 Å². The van der Waals surface area contributed by atoms with Crippen LogP contribution in [0.2, 0.25) is 0 Å². The molecule has 0 aliphatic carbocycles. The van der Waals surface area contributed by atoms with E-state index in [9.17, 15) is 9.18 Å². The zero-order valence-corrected chi connectivity index (χ0v) is 22.6. The second kappa shape index (κ2) is 12.2. The number of para-hydroxylation sites is 1. The maximum atomic E-state index is 14.2. The number of hydrogen-bond acceptors (Lipinski definition) is 6. The summed E-state index contributed by atoms with van der Waals surface area (Å²) in [5.74, 6) is 1.79. The van der Waals surface area contributed by atoms with Crippen molar-refractivity contribution in [1.29, 1.82) is 0 Å². The number of ether oxygens (including phenoxy) is 1. The number of nitrogens with zero attached hydrogens (tertiary/aromatic N) is 5. The summed E-state index contributed by atoms with van der Waals surface area (Å²) in [6.45, 7) is 6.68. The molecular weight excluding hydrogens is 513 g/mol. The van der Waals surface area contributed by atoms with E-state index < -0.39 is 0 Å². The number of allylic oxidation sites excluding steroid dienone is 1. The largest absolute Gasteiger partial charge is 0.497 e. The average Bonchev–Trinajstić information content (AvgIpc) is 3.39. The summed E-state index contributed by atoms with van der Waals surface area (Å²) in [5, 5.41) is 9.63. The number of carbonyl (C=O) groups is 1. The van der Waals surface area contributed by atoms with Crippen LogP contribution in [0.25, 0.3) is 11.4 Å². The second-order valence-electron chi connectivity index (χ2n) is 9.11. The molecule has 9 heteroatoms. The molecule has 0 bridgehead atoms. The molecule has 200 valence electrons. The van der Waals surface area contributed by atoms with Gasteiger partial charge in [0.05, 0.1) is 12.8 Å². The van der Waals surface area contributed by atoms with E-state index >= 15 is 0 Å². The van der Waals surface area contributed by atoms with Crippen molar-refractivity contribution in [3.8, 4) is 17.1 Å². The van der Waals surface area contributed by atoms with Crippen molar-refractivity contribution in [2.45, 2.75) is 17.5 Å². The SMILES string of the molecule is C=CCn1c(SCc2ccccc2C(=O)N2CCN(c3ccccc3F)CC2)nnc1-c1cccc(OC)c1. The van der Waals surface area contributed by atoms with Crippen LogP contribution in [-0.2, 0) is 12.3 Å². The number of aromatic nitrogens is 3. The lowest BCUT2D eigenvalue weighted by Gasteiger charge is -2.36. The summed E-state index contributed by atoms with van der Waals surface area (Å²) >= 11 is 1.53. The van der Waals surface area contributed by atoms with Crippen molar-refractivity contribution < 1.29 is 13.9 Å². The molecule has 0 radical (unpaired) electrons. The van der Waals surface area contributed by atoms with Gasteiger partial charge in [-0.1, -0.05) is 60.3 Å². The van der Waals surface area contributed by atoms with Gasteiger partial charge < -0.3 is 14.5 Å². The number of thioether (sulfide) groups is 1. The Morgan fingerprint density at radius 2 is 1.79 bits per heavy atom. The van der Waals surface area contributed by atoms with Crippen LogP contribution in [0.1, 0.15) is 15.9 Å². The molecule has 0 N–H and O–H groups in total. The first-order valence-corrected chi connectivity index (χ1v) is 13.8. The summed E-state index contributed by atoms with van der Waals surface area (Å²) in [5.41, 5.74) is 3.09. The Kier molecular flexibility index (Phi) is 8.27. The van der Waals surface area contributed by atoms with Gasteiger partial charge in [0.1, 0.15) is 11.6 Å². The maximum absolute atomic E-state index is 14.2. The first-order chi connectivity index (χ1) is 19.1. The van der Waals surface area contributed by atoms with Crippen molar-refractivity contribution in [2.75, 3.05) is 38.2 Å². The highest BCUT2D eigenvalue weighted by atomic mass is 32.2. The fraction of sp³-hybridized carbons (Fsp3) is 0.233. The molecule has 7 nitrogen and oxygen atoms in total. The molecule has 3 aromatic carbocycles. The van der Waals surface area contributed by atoms with E-state index in [0.29, 0.717) is 49.7 Å². The van der Waals surface area contributed by atoms with E-state index in [1.54, 1.807) is 19.2 Å². The van der Waals surface area contributed by atoms with Crippen LogP contribution in [-0.4, -0.2) is 58.9 Å². The maximum Gasteiger partial charge on any atom is 0.254 e. The van der Waals surface area contributed by atoms with Crippen molar-refractivity contribution in [1.82, 2.24) is 19.7 Å². The lowest BCUT2D eigenvalue weighted by Crippen LogP contribution is -2.49. The number of halogens is 1. The Morgan fingerprint density at radius 3 is 2.56 bits per heavy atom. The first kappa shape index (κ1) is 26.5. The first-order valence-electron chi connectivity index (χ1n) is 12.8. The minimum Gasteiger partial charge on any atom is -0.497 e. The van der Waals surface area contributed by atoms with Crippen LogP contribution in [0.15, 0.2) is 90.6 Å². The van der Waals surface area contributed by atoms with E-state index in [1.807, 2.05) is 75.0 Å². The third-order valence-corrected chi connectivity index (χ3v) is 7.74. The van der Waals surface area contributed by atoms with Gasteiger partial charge in [0, 0.05) is 49.6 Å². The molecule has 39 heavy (non-hydrogen) atoms. The third-order valence-electron chi connectivity index (χ3n) is 6.72. The fourth-order valence-electron chi connectivity index (χ4n) is 4.69. The number of methoxy groups -OCH3 is 1. The van der Waals surface area contributed by atoms with Gasteiger partial charge in [0.2, 0.25) is 0 Å². The minimum absolute atomic E-state index is 0.0102. The number of piperazine rings is 1. The fourth-order valence-corrected chi connectivity index (χ4v) is 5.64. The molecule has 1 aromatic heterocycles. The highest BCUT2D eigenvalue weighted by Gasteiger charge is 2.25. The van der Waals surface area contributed by atoms with Crippen LogP contribution >= 0.6 is 11.8 Å². The molecule has 4 aromatic rings. The lowest BCUT2D eigenvalue weighted by atomic mass is 10.1. The molecule has 1 amide bonds. The highest BCUT2D eigenvalue weighted by molar-refractivity contribution is 7.98. The molecule has 0 atom stereocenters. The summed E-state index contributed by atoms with van der Waals surface area (Å²) in [4.78, 5) is 17.4. The number of carbonyl (C=O) groups excluding carboxylic acids is 1. The monoisotopic (exact) mass is 543 g/mol. The van der Waals surface area contributed by atoms with Crippen LogP contribution in [0.5, 0.6) is 5.75 Å². The van der Waals surface area contributed by atoms with E-state index in [4.69, 9.17) is 4.74 Å². The molecule has 1 aliphatic rings. The molecule has 1 saturated heterocycles. The number of amides is 1. The minimum atomic E-state index is -0.237. The Morgan fingerprint density at radius 1 is 1.03 bits per heavy atom. The van der Waals surface area contributed by atoms with Crippen LogP contribution < -0.4 is 9.64 Å². The van der Waals surface area contributed by atoms with Crippen molar-refractivity contribution >= 4 is 23.4 Å². The quantitative estimate of drug-likeness (QED) is 0.204. The summed E-state index contributed by atoms with van der Waals surface area (Å²) < 4.78 is 21.6. The zero-order chi connectivity index (χ0) is 27.2. The van der Waals surface area contributed by atoms with E-state index in [1.165, 1.54) is 17.8 Å². The van der Waals surface area contributed by atoms with Gasteiger partial charge in [0.15, 0.2) is 11.0 Å². The average molecular weight is 544 g/mol. The summed E-state index contributed by atoms with van der Waals surface area (Å²) in [7, 11) is 1.64. The predicted octanol–water partition coefficient (Wildman–Crippen LogP) is 5.53. The zero-order valence-electron chi connectivity index (χ0n) is 21.8. The Hall–Kier alpha value is -4.11. The number of hydrogen-bond donors (Lipinski definition) is 0. The van der Waals surface area contributed by atoms with Crippen LogP contribution in [0.4, 0.5) is 10.1 Å². The van der Waals surface area contributed by atoms with Gasteiger partial charge >= 0.3 is 0 Å². The van der Waals surface area contributed by atoms with Gasteiger partial charge in [-0.2, -0.15) is 0 Å². The van der Waals surface area contributed by atoms with Crippen LogP contribution in [0.3, 0.4) is 0 Å². The van der Waals surface area contributed by atoms with Crippen molar-refractivity contribution in [3.63, 3.8) is 0 Å². The smallest absolute Gasteiger partial charge is 0.254 e. The van der Waals surface area contributed by atoms with Gasteiger partial charge in [-0.15, -0.1) is 16.8 Å². The third kappa shape index (κ3) is 5.83. The van der Waals surface area contributed by atoms with Gasteiger partial charge in [0.25, 0.3) is 5.91 Å². The van der Waals surface area contributed by atoms with Gasteiger partial charge in [-0.25, -0.2) is 4.39 Å².